The highest BCUT2D eigenvalue weighted by atomic mass is 35.5. The molecule has 1 saturated heterocycles. The Labute approximate surface area is 235 Å². The van der Waals surface area contributed by atoms with Gasteiger partial charge in [-0.25, -0.2) is 0 Å². The van der Waals surface area contributed by atoms with Gasteiger partial charge in [-0.05, 0) is 74.5 Å². The van der Waals surface area contributed by atoms with Crippen LogP contribution in [0.2, 0.25) is 5.02 Å². The van der Waals surface area contributed by atoms with Crippen LogP contribution in [0.1, 0.15) is 49.7 Å². The van der Waals surface area contributed by atoms with Crippen molar-refractivity contribution in [1.29, 1.82) is 0 Å². The van der Waals surface area contributed by atoms with E-state index >= 15 is 0 Å². The van der Waals surface area contributed by atoms with E-state index in [1.807, 2.05) is 24.3 Å². The number of hydrogen-bond donors (Lipinski definition) is 2. The van der Waals surface area contributed by atoms with E-state index in [2.05, 4.69) is 27.7 Å². The predicted molar refractivity (Wildman–Crippen MR) is 150 cm³/mol. The number of likely N-dealkylation sites (tertiary alicyclic amines) is 1. The van der Waals surface area contributed by atoms with Gasteiger partial charge in [0.2, 0.25) is 11.8 Å². The number of nitrogens with one attached hydrogen (secondary N) is 2. The van der Waals surface area contributed by atoms with Crippen molar-refractivity contribution >= 4 is 23.4 Å². The molecule has 1 spiro atoms. The van der Waals surface area contributed by atoms with Gasteiger partial charge in [-0.1, -0.05) is 36.2 Å². The summed E-state index contributed by atoms with van der Waals surface area (Å²) in [5.41, 5.74) is 1.71. The molecule has 2 aromatic carbocycles. The molecular weight excluding hydrogens is 518 g/mol. The summed E-state index contributed by atoms with van der Waals surface area (Å²) in [5, 5.41) is 6.62. The van der Waals surface area contributed by atoms with E-state index in [1.54, 1.807) is 0 Å². The van der Waals surface area contributed by atoms with Crippen molar-refractivity contribution in [3.05, 3.63) is 52.5 Å². The molecular formula is C30H38ClN3O5. The lowest BCUT2D eigenvalue weighted by Gasteiger charge is -2.40. The van der Waals surface area contributed by atoms with Crippen molar-refractivity contribution in [3.63, 3.8) is 0 Å². The number of nitrogens with zero attached hydrogens (tertiary/aromatic N) is 1. The fraction of sp³-hybridized carbons (Fsp3) is 0.533. The first-order valence-corrected chi connectivity index (χ1v) is 14.5. The molecule has 0 unspecified atom stereocenters. The molecule has 2 N–H and O–H groups in total. The van der Waals surface area contributed by atoms with Crippen LogP contribution in [0.5, 0.6) is 17.2 Å². The Morgan fingerprint density at radius 2 is 1.77 bits per heavy atom. The average Bonchev–Trinajstić information content (AvgIpc) is 3.19. The van der Waals surface area contributed by atoms with Gasteiger partial charge in [0.05, 0.1) is 36.7 Å². The first kappa shape index (κ1) is 27.6. The van der Waals surface area contributed by atoms with Gasteiger partial charge in [0.1, 0.15) is 12.4 Å². The van der Waals surface area contributed by atoms with Gasteiger partial charge < -0.3 is 24.8 Å². The number of para-hydroxylation sites is 1. The van der Waals surface area contributed by atoms with E-state index < -0.39 is 0 Å². The van der Waals surface area contributed by atoms with E-state index in [0.29, 0.717) is 56.0 Å². The second kappa shape index (κ2) is 12.9. The van der Waals surface area contributed by atoms with E-state index in [1.165, 1.54) is 5.56 Å². The molecule has 8 nitrogen and oxygen atoms in total. The van der Waals surface area contributed by atoms with E-state index in [4.69, 9.17) is 25.8 Å². The smallest absolute Gasteiger partial charge is 0.234 e. The summed E-state index contributed by atoms with van der Waals surface area (Å²) in [6.45, 7) is 4.21. The molecule has 0 saturated carbocycles. The zero-order valence-electron chi connectivity index (χ0n) is 22.4. The molecule has 5 rings (SSSR count). The first-order valence-electron chi connectivity index (χ1n) is 14.1. The Bertz CT molecular complexity index is 1170. The Kier molecular flexibility index (Phi) is 9.14. The minimum atomic E-state index is -0.383. The summed E-state index contributed by atoms with van der Waals surface area (Å²) in [5.74, 6) is 2.18. The number of ether oxygens (including phenoxy) is 3. The second-order valence-electron chi connectivity index (χ2n) is 10.7. The molecule has 0 atom stereocenters. The van der Waals surface area contributed by atoms with Crippen molar-refractivity contribution in [3.8, 4) is 17.2 Å². The van der Waals surface area contributed by atoms with Gasteiger partial charge in [0, 0.05) is 13.0 Å². The van der Waals surface area contributed by atoms with Gasteiger partial charge in [-0.3, -0.25) is 14.5 Å². The zero-order chi connectivity index (χ0) is 27.1. The standard InChI is InChI=1S/C30H38ClN3O5/c31-24-18-22(19-26-28(24)39-16-5-15-37-26)20-33-27(35)21-34-13-10-30(11-14-34)9-4-3-7-23-6-1-2-8-25(23)38-17-12-32-29(30)36/h1-2,6,8,18-19H,3-5,7,9-17,20-21H2,(H,32,36)(H,33,35). The lowest BCUT2D eigenvalue weighted by Crippen LogP contribution is -2.51. The molecule has 2 aromatic rings. The molecule has 0 bridgehead atoms. The minimum Gasteiger partial charge on any atom is -0.491 e. The largest absolute Gasteiger partial charge is 0.491 e. The Morgan fingerprint density at radius 1 is 0.974 bits per heavy atom. The van der Waals surface area contributed by atoms with Crippen LogP contribution >= 0.6 is 11.6 Å². The summed E-state index contributed by atoms with van der Waals surface area (Å²) >= 11 is 6.39. The number of amides is 2. The molecule has 0 radical (unpaired) electrons. The molecule has 210 valence electrons. The van der Waals surface area contributed by atoms with Crippen LogP contribution in [-0.4, -0.2) is 62.7 Å². The molecule has 0 aliphatic carbocycles. The maximum atomic E-state index is 13.3. The molecule has 2 amide bonds. The van der Waals surface area contributed by atoms with Crippen molar-refractivity contribution < 1.29 is 23.8 Å². The summed E-state index contributed by atoms with van der Waals surface area (Å²) in [4.78, 5) is 28.2. The van der Waals surface area contributed by atoms with E-state index in [-0.39, 0.29) is 17.2 Å². The molecule has 3 heterocycles. The molecule has 3 aliphatic heterocycles. The van der Waals surface area contributed by atoms with Crippen LogP contribution in [0.15, 0.2) is 36.4 Å². The quantitative estimate of drug-likeness (QED) is 0.590. The maximum absolute atomic E-state index is 13.3. The Balaban J connectivity index is 1.12. The zero-order valence-corrected chi connectivity index (χ0v) is 23.2. The number of carbonyl (C=O) groups is 2. The third-order valence-electron chi connectivity index (χ3n) is 7.98. The van der Waals surface area contributed by atoms with Crippen LogP contribution in [0.4, 0.5) is 0 Å². The number of carbonyl (C=O) groups excluding carboxylic acids is 2. The first-order chi connectivity index (χ1) is 19.0. The highest BCUT2D eigenvalue weighted by Crippen LogP contribution is 2.39. The van der Waals surface area contributed by atoms with Gasteiger partial charge in [0.15, 0.2) is 11.5 Å². The number of fused-ring (bicyclic) bond motifs is 2. The SMILES string of the molecule is O=C(CN1CCC2(CCCCc3ccccc3OCCNC2=O)CC1)NCc1cc(Cl)c2c(c1)OCCCO2. The van der Waals surface area contributed by atoms with E-state index in [9.17, 15) is 9.59 Å². The van der Waals surface area contributed by atoms with Gasteiger partial charge in [-0.15, -0.1) is 0 Å². The fourth-order valence-electron chi connectivity index (χ4n) is 5.72. The molecule has 1 fully saturated rings. The summed E-state index contributed by atoms with van der Waals surface area (Å²) in [6.07, 6.45) is 6.13. The van der Waals surface area contributed by atoms with Gasteiger partial charge in [-0.2, -0.15) is 0 Å². The van der Waals surface area contributed by atoms with Crippen molar-refractivity contribution in [2.45, 2.75) is 51.5 Å². The Morgan fingerprint density at radius 3 is 2.64 bits per heavy atom. The highest BCUT2D eigenvalue weighted by molar-refractivity contribution is 6.32. The lowest BCUT2D eigenvalue weighted by molar-refractivity contribution is -0.135. The van der Waals surface area contributed by atoms with Crippen LogP contribution in [0, 0.1) is 5.41 Å². The summed E-state index contributed by atoms with van der Waals surface area (Å²) in [6, 6.07) is 11.9. The van der Waals surface area contributed by atoms with Crippen LogP contribution < -0.4 is 24.8 Å². The number of halogens is 1. The van der Waals surface area contributed by atoms with Gasteiger partial charge >= 0.3 is 0 Å². The molecule has 39 heavy (non-hydrogen) atoms. The lowest BCUT2D eigenvalue weighted by atomic mass is 9.73. The number of benzene rings is 2. The molecule has 9 heteroatoms. The summed E-state index contributed by atoms with van der Waals surface area (Å²) < 4.78 is 17.4. The number of piperidine rings is 1. The highest BCUT2D eigenvalue weighted by Gasteiger charge is 2.41. The topological polar surface area (TPSA) is 89.1 Å². The van der Waals surface area contributed by atoms with Crippen molar-refractivity contribution in [1.82, 2.24) is 15.5 Å². The van der Waals surface area contributed by atoms with Crippen molar-refractivity contribution in [2.75, 3.05) is 46.0 Å². The number of rotatable bonds is 4. The predicted octanol–water partition coefficient (Wildman–Crippen LogP) is 4.12. The molecule has 3 aliphatic rings. The number of aryl methyl sites for hydroxylation is 1. The number of hydrogen-bond acceptors (Lipinski definition) is 6. The van der Waals surface area contributed by atoms with E-state index in [0.717, 1.165) is 69.3 Å². The monoisotopic (exact) mass is 555 g/mol. The normalized spacial score (nSPS) is 19.9. The summed E-state index contributed by atoms with van der Waals surface area (Å²) in [7, 11) is 0. The average molecular weight is 556 g/mol. The van der Waals surface area contributed by atoms with Crippen LogP contribution in [0.25, 0.3) is 0 Å². The van der Waals surface area contributed by atoms with Gasteiger partial charge in [0.25, 0.3) is 0 Å². The van der Waals surface area contributed by atoms with Crippen molar-refractivity contribution in [2.24, 2.45) is 5.41 Å². The minimum absolute atomic E-state index is 0.0480. The maximum Gasteiger partial charge on any atom is 0.234 e. The molecule has 0 aromatic heterocycles. The van der Waals surface area contributed by atoms with Crippen LogP contribution in [-0.2, 0) is 22.6 Å². The van der Waals surface area contributed by atoms with Crippen LogP contribution in [0.3, 0.4) is 0 Å². The fourth-order valence-corrected chi connectivity index (χ4v) is 6.01. The second-order valence-corrected chi connectivity index (χ2v) is 11.1. The third kappa shape index (κ3) is 6.97. The third-order valence-corrected chi connectivity index (χ3v) is 8.26. The Hall–Kier alpha value is -2.97.